The van der Waals surface area contributed by atoms with Gasteiger partial charge in [-0.05, 0) is 69.7 Å². The van der Waals surface area contributed by atoms with Crippen molar-refractivity contribution in [2.45, 2.75) is 39.8 Å². The number of aromatic nitrogens is 1. The molecule has 0 radical (unpaired) electrons. The molecule has 9 heteroatoms. The van der Waals surface area contributed by atoms with Crippen LogP contribution in [0.25, 0.3) is 11.8 Å². The van der Waals surface area contributed by atoms with E-state index in [1.807, 2.05) is 99.6 Å². The number of nitrogens with zero attached hydrogens (tertiary/aromatic N) is 2. The average molecular weight is 648 g/mol. The molecule has 0 fully saturated rings. The predicted molar refractivity (Wildman–Crippen MR) is 169 cm³/mol. The van der Waals surface area contributed by atoms with Crippen LogP contribution in [0.5, 0.6) is 11.5 Å². The van der Waals surface area contributed by atoms with Crippen molar-refractivity contribution in [3.63, 3.8) is 0 Å². The molecule has 3 aromatic carbocycles. The predicted octanol–water partition coefficient (Wildman–Crippen LogP) is 5.88. The smallest absolute Gasteiger partial charge is 0.338 e. The van der Waals surface area contributed by atoms with E-state index < -0.39 is 12.0 Å². The highest BCUT2D eigenvalue weighted by Crippen LogP contribution is 2.36. The number of hydrogen-bond acceptors (Lipinski definition) is 7. The molecule has 7 nitrogen and oxygen atoms in total. The number of ether oxygens (including phenoxy) is 3. The van der Waals surface area contributed by atoms with Gasteiger partial charge in [-0.1, -0.05) is 69.7 Å². The van der Waals surface area contributed by atoms with Crippen LogP contribution in [0.2, 0.25) is 0 Å². The van der Waals surface area contributed by atoms with Gasteiger partial charge in [0, 0.05) is 15.6 Å². The summed E-state index contributed by atoms with van der Waals surface area (Å²) in [5, 5.41) is 0. The third-order valence-corrected chi connectivity index (χ3v) is 7.98. The maximum atomic E-state index is 14.2. The average Bonchev–Trinajstić information content (AvgIpc) is 3.29. The number of carbonyl (C=O) groups is 1. The van der Waals surface area contributed by atoms with Crippen molar-refractivity contribution in [1.82, 2.24) is 4.57 Å². The second-order valence-corrected chi connectivity index (χ2v) is 11.7. The third kappa shape index (κ3) is 6.12. The highest BCUT2D eigenvalue weighted by molar-refractivity contribution is 9.10. The van der Waals surface area contributed by atoms with Crippen molar-refractivity contribution in [2.75, 3.05) is 13.2 Å². The molecule has 0 N–H and O–H groups in total. The Hall–Kier alpha value is -3.95. The largest absolute Gasteiger partial charge is 0.494 e. The van der Waals surface area contributed by atoms with Crippen LogP contribution in [-0.4, -0.2) is 29.9 Å². The van der Waals surface area contributed by atoms with E-state index in [-0.39, 0.29) is 18.3 Å². The number of hydrogen-bond donors (Lipinski definition) is 0. The van der Waals surface area contributed by atoms with Crippen molar-refractivity contribution >= 4 is 45.0 Å². The summed E-state index contributed by atoms with van der Waals surface area (Å²) < 4.78 is 20.1. The Kier molecular flexibility index (Phi) is 9.09. The monoisotopic (exact) mass is 646 g/mol. The summed E-state index contributed by atoms with van der Waals surface area (Å²) in [6, 6.07) is 21.9. The minimum absolute atomic E-state index is 0.0419. The summed E-state index contributed by atoms with van der Waals surface area (Å²) >= 11 is 4.81. The van der Waals surface area contributed by atoms with Crippen LogP contribution < -0.4 is 24.4 Å². The summed E-state index contributed by atoms with van der Waals surface area (Å²) in [6.45, 7) is 8.31. The molecule has 1 aromatic heterocycles. The second kappa shape index (κ2) is 12.9. The van der Waals surface area contributed by atoms with Gasteiger partial charge in [-0.15, -0.1) is 0 Å². The zero-order chi connectivity index (χ0) is 29.8. The molecule has 1 atom stereocenters. The molecule has 0 saturated carbocycles. The maximum Gasteiger partial charge on any atom is 0.338 e. The Morgan fingerprint density at radius 3 is 2.45 bits per heavy atom. The summed E-state index contributed by atoms with van der Waals surface area (Å²) in [7, 11) is 0. The summed E-state index contributed by atoms with van der Waals surface area (Å²) in [5.74, 6) is 0.845. The first-order valence-corrected chi connectivity index (χ1v) is 15.4. The van der Waals surface area contributed by atoms with Crippen molar-refractivity contribution < 1.29 is 19.0 Å². The molecule has 1 aliphatic heterocycles. The van der Waals surface area contributed by atoms with E-state index in [1.165, 1.54) is 11.3 Å². The van der Waals surface area contributed by atoms with Gasteiger partial charge in [0.1, 0.15) is 11.5 Å². The van der Waals surface area contributed by atoms with Crippen molar-refractivity contribution in [3.8, 4) is 11.5 Å². The summed E-state index contributed by atoms with van der Waals surface area (Å²) in [5.41, 5.74) is 2.78. The lowest BCUT2D eigenvalue weighted by atomic mass is 9.93. The van der Waals surface area contributed by atoms with Crippen molar-refractivity contribution in [2.24, 2.45) is 4.99 Å². The zero-order valence-electron chi connectivity index (χ0n) is 23.8. The molecule has 42 heavy (non-hydrogen) atoms. The van der Waals surface area contributed by atoms with Crippen molar-refractivity contribution in [3.05, 3.63) is 119 Å². The van der Waals surface area contributed by atoms with E-state index in [1.54, 1.807) is 11.5 Å². The molecular formula is C33H31BrN2O5S. The van der Waals surface area contributed by atoms with E-state index in [2.05, 4.69) is 15.9 Å². The van der Waals surface area contributed by atoms with Gasteiger partial charge in [0.25, 0.3) is 5.56 Å². The Bertz CT molecular complexity index is 1810. The fourth-order valence-corrected chi connectivity index (χ4v) is 6.17. The molecule has 4 aromatic rings. The molecular weight excluding hydrogens is 616 g/mol. The first-order chi connectivity index (χ1) is 20.3. The van der Waals surface area contributed by atoms with Crippen LogP contribution in [0.1, 0.15) is 50.4 Å². The van der Waals surface area contributed by atoms with Gasteiger partial charge in [0.05, 0.1) is 41.2 Å². The van der Waals surface area contributed by atoms with Crippen LogP contribution in [-0.2, 0) is 9.53 Å². The normalized spacial score (nSPS) is 14.9. The van der Waals surface area contributed by atoms with E-state index in [0.717, 1.165) is 21.2 Å². The number of rotatable bonds is 9. The number of fused-ring (bicyclic) bond motifs is 1. The molecule has 0 amide bonds. The Morgan fingerprint density at radius 2 is 1.79 bits per heavy atom. The van der Waals surface area contributed by atoms with Gasteiger partial charge < -0.3 is 14.2 Å². The van der Waals surface area contributed by atoms with Gasteiger partial charge >= 0.3 is 5.97 Å². The first kappa shape index (κ1) is 29.5. The van der Waals surface area contributed by atoms with Gasteiger partial charge in [-0.3, -0.25) is 9.36 Å². The van der Waals surface area contributed by atoms with E-state index >= 15 is 0 Å². The molecule has 0 unspecified atom stereocenters. The van der Waals surface area contributed by atoms with Gasteiger partial charge in [-0.25, -0.2) is 9.79 Å². The van der Waals surface area contributed by atoms with Crippen LogP contribution in [0.4, 0.5) is 0 Å². The first-order valence-electron chi connectivity index (χ1n) is 13.8. The molecule has 2 heterocycles. The Morgan fingerprint density at radius 1 is 1.05 bits per heavy atom. The van der Waals surface area contributed by atoms with Crippen LogP contribution in [0, 0.1) is 0 Å². The molecule has 216 valence electrons. The fourth-order valence-electron chi connectivity index (χ4n) is 4.80. The highest BCUT2D eigenvalue weighted by atomic mass is 79.9. The lowest BCUT2D eigenvalue weighted by Gasteiger charge is -2.26. The van der Waals surface area contributed by atoms with Crippen LogP contribution in [0.3, 0.4) is 0 Å². The molecule has 0 spiro atoms. The molecule has 5 rings (SSSR count). The maximum absolute atomic E-state index is 14.2. The highest BCUT2D eigenvalue weighted by Gasteiger charge is 2.35. The minimum Gasteiger partial charge on any atom is -0.494 e. The minimum atomic E-state index is -0.762. The topological polar surface area (TPSA) is 79.1 Å². The summed E-state index contributed by atoms with van der Waals surface area (Å²) in [4.78, 5) is 33.2. The molecule has 0 bridgehead atoms. The third-order valence-electron chi connectivity index (χ3n) is 6.50. The van der Waals surface area contributed by atoms with E-state index in [9.17, 15) is 9.59 Å². The zero-order valence-corrected chi connectivity index (χ0v) is 26.2. The second-order valence-electron chi connectivity index (χ2n) is 9.78. The molecule has 1 aliphatic rings. The fraction of sp³-hybridized carbons (Fsp3) is 0.242. The van der Waals surface area contributed by atoms with Gasteiger partial charge in [-0.2, -0.15) is 0 Å². The SMILES string of the molecule is CCOC(=O)C1=C(c2ccccc2)N=c2s/c(=C\c3cc(Br)ccc3OC(C)C)c(=O)n2[C@H]1c1ccc(OCC)cc1. The number of benzene rings is 3. The summed E-state index contributed by atoms with van der Waals surface area (Å²) in [6.07, 6.45) is 1.78. The van der Waals surface area contributed by atoms with Crippen LogP contribution in [0.15, 0.2) is 92.6 Å². The number of esters is 1. The lowest BCUT2D eigenvalue weighted by molar-refractivity contribution is -0.138. The lowest BCUT2D eigenvalue weighted by Crippen LogP contribution is -2.40. The Labute approximate surface area is 256 Å². The van der Waals surface area contributed by atoms with Gasteiger partial charge in [0.2, 0.25) is 0 Å². The number of halogens is 1. The Balaban J connectivity index is 1.79. The van der Waals surface area contributed by atoms with Gasteiger partial charge in [0.15, 0.2) is 4.80 Å². The number of thiazole rings is 1. The molecule has 0 aliphatic carbocycles. The van der Waals surface area contributed by atoms with Crippen LogP contribution >= 0.6 is 27.3 Å². The van der Waals surface area contributed by atoms with E-state index in [4.69, 9.17) is 19.2 Å². The van der Waals surface area contributed by atoms with Crippen molar-refractivity contribution in [1.29, 1.82) is 0 Å². The molecule has 0 saturated heterocycles. The number of carbonyl (C=O) groups excluding carboxylic acids is 1. The standard InChI is InChI=1S/C33H31BrN2O5S/c1-5-39-25-15-12-22(13-16-25)30-28(32(38)40-6-2)29(21-10-8-7-9-11-21)35-33-36(30)31(37)27(42-33)19-23-18-24(34)14-17-26(23)41-20(3)4/h7-20,30H,5-6H2,1-4H3/b27-19-/t30-/m0/s1. The van der Waals surface area contributed by atoms with E-state index in [0.29, 0.717) is 38.7 Å². The quantitative estimate of drug-likeness (QED) is 0.212.